The average molecular weight is 341 g/mol. The normalized spacial score (nSPS) is 13.7. The van der Waals surface area contributed by atoms with E-state index in [2.05, 4.69) is 43.0 Å². The van der Waals surface area contributed by atoms with Gasteiger partial charge in [-0.2, -0.15) is 0 Å². The van der Waals surface area contributed by atoms with Gasteiger partial charge in [0.25, 0.3) is 0 Å². The van der Waals surface area contributed by atoms with Crippen LogP contribution in [0.2, 0.25) is 0 Å². The first-order valence-corrected chi connectivity index (χ1v) is 9.10. The molecule has 0 amide bonds. The number of hydrogen-bond acceptors (Lipinski definition) is 3. The number of ether oxygens (including phenoxy) is 1. The summed E-state index contributed by atoms with van der Waals surface area (Å²) in [6, 6.07) is 14.5. The molecule has 136 valence electrons. The zero-order valence-corrected chi connectivity index (χ0v) is 16.1. The molecule has 0 spiro atoms. The van der Waals surface area contributed by atoms with Crippen LogP contribution in [-0.2, 0) is 6.54 Å². The summed E-state index contributed by atoms with van der Waals surface area (Å²) in [4.78, 5) is 2.08. The van der Waals surface area contributed by atoms with Gasteiger partial charge in [0.05, 0.1) is 7.11 Å². The summed E-state index contributed by atoms with van der Waals surface area (Å²) in [5, 5.41) is 10.2. The molecule has 0 heterocycles. The van der Waals surface area contributed by atoms with E-state index < -0.39 is 0 Å². The van der Waals surface area contributed by atoms with Gasteiger partial charge in [-0.15, -0.1) is 0 Å². The molecule has 0 aliphatic rings. The summed E-state index contributed by atoms with van der Waals surface area (Å²) in [6.45, 7) is 5.24. The first kappa shape index (κ1) is 19.3. The van der Waals surface area contributed by atoms with Crippen LogP contribution in [0.3, 0.4) is 0 Å². The van der Waals surface area contributed by atoms with Crippen molar-refractivity contribution in [3.63, 3.8) is 0 Å². The van der Waals surface area contributed by atoms with E-state index in [1.807, 2.05) is 32.3 Å². The Morgan fingerprint density at radius 3 is 2.00 bits per heavy atom. The van der Waals surface area contributed by atoms with E-state index in [1.54, 1.807) is 7.11 Å². The summed E-state index contributed by atoms with van der Waals surface area (Å²) >= 11 is 0. The second-order valence-electron chi connectivity index (χ2n) is 6.93. The van der Waals surface area contributed by atoms with Crippen molar-refractivity contribution in [2.45, 2.75) is 45.1 Å². The molecule has 3 nitrogen and oxygen atoms in total. The summed E-state index contributed by atoms with van der Waals surface area (Å²) in [5.41, 5.74) is 3.64. The van der Waals surface area contributed by atoms with Gasteiger partial charge in [-0.05, 0) is 68.1 Å². The second-order valence-corrected chi connectivity index (χ2v) is 6.93. The Morgan fingerprint density at radius 2 is 1.48 bits per heavy atom. The summed E-state index contributed by atoms with van der Waals surface area (Å²) in [5.74, 6) is 2.15. The Balaban J connectivity index is 2.35. The molecule has 0 saturated carbocycles. The fourth-order valence-electron chi connectivity index (χ4n) is 3.66. The maximum Gasteiger partial charge on any atom is 0.120 e. The minimum absolute atomic E-state index is 0.379. The van der Waals surface area contributed by atoms with Crippen molar-refractivity contribution in [3.05, 3.63) is 59.2 Å². The molecule has 0 bridgehead atoms. The molecular formula is C22H31NO2. The molecule has 0 saturated heterocycles. The van der Waals surface area contributed by atoms with Gasteiger partial charge in [0.1, 0.15) is 11.5 Å². The molecule has 2 atom stereocenters. The lowest BCUT2D eigenvalue weighted by molar-refractivity contribution is 0.385. The molecule has 0 aliphatic heterocycles. The highest BCUT2D eigenvalue weighted by Crippen LogP contribution is 2.39. The second kappa shape index (κ2) is 8.91. The third kappa shape index (κ3) is 4.76. The van der Waals surface area contributed by atoms with Crippen LogP contribution < -0.4 is 4.74 Å². The van der Waals surface area contributed by atoms with Crippen molar-refractivity contribution >= 4 is 0 Å². The molecular weight excluding hydrogens is 310 g/mol. The molecule has 25 heavy (non-hydrogen) atoms. The summed E-state index contributed by atoms with van der Waals surface area (Å²) in [6.07, 6.45) is 2.14. The highest BCUT2D eigenvalue weighted by atomic mass is 16.5. The average Bonchev–Trinajstić information content (AvgIpc) is 2.61. The number of phenols is 1. The number of aromatic hydroxyl groups is 1. The molecule has 2 aromatic rings. The first-order chi connectivity index (χ1) is 12.0. The quantitative estimate of drug-likeness (QED) is 0.721. The van der Waals surface area contributed by atoms with Crippen molar-refractivity contribution in [3.8, 4) is 11.5 Å². The molecule has 0 aromatic heterocycles. The summed E-state index contributed by atoms with van der Waals surface area (Å²) < 4.78 is 5.29. The van der Waals surface area contributed by atoms with Crippen LogP contribution in [0.5, 0.6) is 11.5 Å². The Morgan fingerprint density at radius 1 is 0.920 bits per heavy atom. The first-order valence-electron chi connectivity index (χ1n) is 9.10. The smallest absolute Gasteiger partial charge is 0.120 e. The van der Waals surface area contributed by atoms with Crippen LogP contribution in [0.25, 0.3) is 0 Å². The van der Waals surface area contributed by atoms with Crippen LogP contribution in [0.1, 0.15) is 55.2 Å². The lowest BCUT2D eigenvalue weighted by Gasteiger charge is -2.27. The van der Waals surface area contributed by atoms with E-state index in [1.165, 1.54) is 11.1 Å². The lowest BCUT2D eigenvalue weighted by atomic mass is 9.78. The van der Waals surface area contributed by atoms with Crippen LogP contribution >= 0.6 is 0 Å². The minimum Gasteiger partial charge on any atom is -0.508 e. The maximum absolute atomic E-state index is 10.2. The van der Waals surface area contributed by atoms with Gasteiger partial charge in [0.2, 0.25) is 0 Å². The lowest BCUT2D eigenvalue weighted by Crippen LogP contribution is -2.13. The number of hydrogen-bond donors (Lipinski definition) is 1. The van der Waals surface area contributed by atoms with Crippen LogP contribution in [0.15, 0.2) is 42.5 Å². The molecule has 0 aliphatic carbocycles. The van der Waals surface area contributed by atoms with Crippen molar-refractivity contribution in [2.75, 3.05) is 21.2 Å². The van der Waals surface area contributed by atoms with Crippen LogP contribution in [-0.4, -0.2) is 31.2 Å². The van der Waals surface area contributed by atoms with E-state index in [9.17, 15) is 5.11 Å². The number of phenolic OH excluding ortho intramolecular Hbond substituents is 1. The molecule has 1 N–H and O–H groups in total. The van der Waals surface area contributed by atoms with Crippen molar-refractivity contribution in [1.82, 2.24) is 4.90 Å². The highest BCUT2D eigenvalue weighted by Gasteiger charge is 2.23. The SMILES string of the molecule is CC[C@H](c1ccc(OC)cc1)[C@H](CC)c1ccc(O)c(CN(C)C)c1. The zero-order valence-electron chi connectivity index (χ0n) is 16.1. The van der Waals surface area contributed by atoms with Gasteiger partial charge >= 0.3 is 0 Å². The predicted octanol–water partition coefficient (Wildman–Crippen LogP) is 5.15. The van der Waals surface area contributed by atoms with E-state index in [0.717, 1.165) is 30.7 Å². The highest BCUT2D eigenvalue weighted by molar-refractivity contribution is 5.40. The molecule has 0 fully saturated rings. The fraction of sp³-hybridized carbons (Fsp3) is 0.455. The molecule has 2 aromatic carbocycles. The Kier molecular flexibility index (Phi) is 6.89. The van der Waals surface area contributed by atoms with Crippen LogP contribution in [0, 0.1) is 0 Å². The minimum atomic E-state index is 0.379. The molecule has 2 rings (SSSR count). The van der Waals surface area contributed by atoms with Crippen molar-refractivity contribution < 1.29 is 9.84 Å². The number of benzene rings is 2. The third-order valence-corrected chi connectivity index (χ3v) is 4.93. The van der Waals surface area contributed by atoms with Gasteiger partial charge in [-0.3, -0.25) is 0 Å². The monoisotopic (exact) mass is 341 g/mol. The number of nitrogens with zero attached hydrogens (tertiary/aromatic N) is 1. The van der Waals surface area contributed by atoms with E-state index in [4.69, 9.17) is 4.74 Å². The molecule has 0 radical (unpaired) electrons. The Labute approximate surface area is 152 Å². The standard InChI is InChI=1S/C22H31NO2/c1-6-20(16-8-11-19(25-5)12-9-16)21(7-2)17-10-13-22(24)18(14-17)15-23(3)4/h8-14,20-21,24H,6-7,15H2,1-5H3/t20-,21-/m1/s1. The number of methoxy groups -OCH3 is 1. The van der Waals surface area contributed by atoms with Gasteiger partial charge in [-0.1, -0.05) is 38.1 Å². The maximum atomic E-state index is 10.2. The third-order valence-electron chi connectivity index (χ3n) is 4.93. The van der Waals surface area contributed by atoms with Gasteiger partial charge in [0.15, 0.2) is 0 Å². The van der Waals surface area contributed by atoms with E-state index in [0.29, 0.717) is 17.6 Å². The van der Waals surface area contributed by atoms with Crippen molar-refractivity contribution in [1.29, 1.82) is 0 Å². The van der Waals surface area contributed by atoms with Gasteiger partial charge in [0, 0.05) is 12.1 Å². The van der Waals surface area contributed by atoms with Crippen molar-refractivity contribution in [2.24, 2.45) is 0 Å². The predicted molar refractivity (Wildman–Crippen MR) is 105 cm³/mol. The largest absolute Gasteiger partial charge is 0.508 e. The zero-order chi connectivity index (χ0) is 18.4. The molecule has 3 heteroatoms. The van der Waals surface area contributed by atoms with E-state index in [-0.39, 0.29) is 0 Å². The van der Waals surface area contributed by atoms with Gasteiger partial charge in [-0.25, -0.2) is 0 Å². The summed E-state index contributed by atoms with van der Waals surface area (Å²) in [7, 11) is 5.75. The Hall–Kier alpha value is -2.00. The Bertz CT molecular complexity index is 664. The van der Waals surface area contributed by atoms with Gasteiger partial charge < -0.3 is 14.7 Å². The molecule has 0 unspecified atom stereocenters. The van der Waals surface area contributed by atoms with Crippen LogP contribution in [0.4, 0.5) is 0 Å². The fourth-order valence-corrected chi connectivity index (χ4v) is 3.66. The topological polar surface area (TPSA) is 32.7 Å². The number of rotatable bonds is 8. The van der Waals surface area contributed by atoms with E-state index >= 15 is 0 Å².